The van der Waals surface area contributed by atoms with Crippen molar-refractivity contribution >= 4 is 17.5 Å². The van der Waals surface area contributed by atoms with Gasteiger partial charge in [0.2, 0.25) is 6.79 Å². The monoisotopic (exact) mass is 725 g/mol. The fourth-order valence-corrected chi connectivity index (χ4v) is 8.37. The first kappa shape index (κ1) is 34.1. The van der Waals surface area contributed by atoms with Crippen LogP contribution in [-0.2, 0) is 37.2 Å². The van der Waals surface area contributed by atoms with Gasteiger partial charge in [-0.3, -0.25) is 19.5 Å². The molecule has 11 heteroatoms. The third-order valence-corrected chi connectivity index (χ3v) is 11.2. The van der Waals surface area contributed by atoms with Gasteiger partial charge in [0, 0.05) is 73.8 Å². The van der Waals surface area contributed by atoms with Crippen molar-refractivity contribution in [2.24, 2.45) is 0 Å². The van der Waals surface area contributed by atoms with Gasteiger partial charge in [-0.15, -0.1) is 0 Å². The molecule has 0 aliphatic carbocycles. The number of morpholine rings is 1. The molecular formula is C43H43N5O6. The minimum absolute atomic E-state index is 0.0332. The second-order valence-corrected chi connectivity index (χ2v) is 14.5. The maximum Gasteiger partial charge on any atom is 0.260 e. The molecule has 0 radical (unpaired) electrons. The Balaban J connectivity index is 1.13. The lowest BCUT2D eigenvalue weighted by atomic mass is 9.92. The maximum absolute atomic E-state index is 15.2. The van der Waals surface area contributed by atoms with Gasteiger partial charge in [0.25, 0.3) is 11.8 Å². The third-order valence-electron chi connectivity index (χ3n) is 11.2. The number of aromatic hydroxyl groups is 1. The van der Waals surface area contributed by atoms with Gasteiger partial charge in [0.05, 0.1) is 30.9 Å². The van der Waals surface area contributed by atoms with E-state index >= 15 is 4.79 Å². The Kier molecular flexibility index (Phi) is 9.26. The quantitative estimate of drug-likeness (QED) is 0.206. The van der Waals surface area contributed by atoms with E-state index in [1.54, 1.807) is 41.6 Å². The smallest absolute Gasteiger partial charge is 0.260 e. The third kappa shape index (κ3) is 6.58. The molecule has 5 aromatic rings. The average Bonchev–Trinajstić information content (AvgIpc) is 3.84. The van der Waals surface area contributed by atoms with Crippen molar-refractivity contribution in [2.45, 2.75) is 51.4 Å². The Morgan fingerprint density at radius 1 is 0.852 bits per heavy atom. The van der Waals surface area contributed by atoms with E-state index in [9.17, 15) is 9.90 Å². The van der Waals surface area contributed by atoms with Gasteiger partial charge < -0.3 is 33.7 Å². The van der Waals surface area contributed by atoms with Crippen molar-refractivity contribution in [1.82, 2.24) is 19.4 Å². The number of nitrogens with zero attached hydrogens (tertiary/aromatic N) is 5. The molecule has 3 aromatic carbocycles. The van der Waals surface area contributed by atoms with Gasteiger partial charge in [-0.05, 0) is 97.0 Å². The van der Waals surface area contributed by atoms with Crippen LogP contribution in [0.5, 0.6) is 17.2 Å². The number of phenols is 1. The fourth-order valence-electron chi connectivity index (χ4n) is 8.37. The molecule has 1 saturated heterocycles. The summed E-state index contributed by atoms with van der Waals surface area (Å²) in [6.07, 6.45) is 6.85. The molecule has 1 N–H and O–H groups in total. The van der Waals surface area contributed by atoms with Crippen LogP contribution in [0.2, 0.25) is 0 Å². The van der Waals surface area contributed by atoms with Crippen molar-refractivity contribution in [2.75, 3.05) is 44.5 Å². The summed E-state index contributed by atoms with van der Waals surface area (Å²) >= 11 is 0. The highest BCUT2D eigenvalue weighted by Crippen LogP contribution is 2.42. The lowest BCUT2D eigenvalue weighted by Crippen LogP contribution is -2.52. The maximum atomic E-state index is 15.2. The molecule has 0 bridgehead atoms. The standard InChI is InChI=1S/C43H43N5O6/c49-34-10-8-32(9-11-34)47(25-29-12-14-44-15-13-29)43(51)37-22-39(46-16-4-3-7-38(37)46)35-23-40-41(54-28-53-40)24-36(35)42(50)48-26-31-6-2-1-5-30(31)21-33(48)27-45-17-19-52-20-18-45/h1-2,5-6,8-15,22-24,33,49H,3-4,7,16-21,25-28H2. The van der Waals surface area contributed by atoms with Crippen molar-refractivity contribution in [3.63, 3.8) is 0 Å². The minimum atomic E-state index is -0.152. The molecule has 276 valence electrons. The molecule has 0 spiro atoms. The summed E-state index contributed by atoms with van der Waals surface area (Å²) in [4.78, 5) is 40.4. The lowest BCUT2D eigenvalue weighted by molar-refractivity contribution is 0.0193. The Labute approximate surface area is 314 Å². The topological polar surface area (TPSA) is 110 Å². The van der Waals surface area contributed by atoms with Crippen LogP contribution in [0.25, 0.3) is 11.3 Å². The van der Waals surface area contributed by atoms with Gasteiger partial charge in [0.15, 0.2) is 11.5 Å². The van der Waals surface area contributed by atoms with Crippen molar-refractivity contribution in [1.29, 1.82) is 0 Å². The number of rotatable bonds is 8. The van der Waals surface area contributed by atoms with Crippen LogP contribution in [0.4, 0.5) is 5.69 Å². The van der Waals surface area contributed by atoms with E-state index in [1.165, 1.54) is 5.56 Å². The van der Waals surface area contributed by atoms with Crippen LogP contribution < -0.4 is 14.4 Å². The number of carbonyl (C=O) groups is 2. The second-order valence-electron chi connectivity index (χ2n) is 14.5. The summed E-state index contributed by atoms with van der Waals surface area (Å²) in [5, 5.41) is 10.1. The van der Waals surface area contributed by atoms with Crippen molar-refractivity contribution in [3.05, 3.63) is 125 Å². The number of benzene rings is 3. The van der Waals surface area contributed by atoms with E-state index in [0.717, 1.165) is 79.9 Å². The Morgan fingerprint density at radius 2 is 1.61 bits per heavy atom. The van der Waals surface area contributed by atoms with Gasteiger partial charge in [-0.2, -0.15) is 0 Å². The van der Waals surface area contributed by atoms with E-state index in [4.69, 9.17) is 14.2 Å². The summed E-state index contributed by atoms with van der Waals surface area (Å²) in [5.41, 5.74) is 7.64. The largest absolute Gasteiger partial charge is 0.508 e. The van der Waals surface area contributed by atoms with Gasteiger partial charge in [-0.1, -0.05) is 24.3 Å². The molecular weight excluding hydrogens is 683 g/mol. The Bertz CT molecular complexity index is 2180. The van der Waals surface area contributed by atoms with Gasteiger partial charge >= 0.3 is 0 Å². The molecule has 1 unspecified atom stereocenters. The molecule has 54 heavy (non-hydrogen) atoms. The van der Waals surface area contributed by atoms with Crippen LogP contribution in [0.1, 0.15) is 55.9 Å². The van der Waals surface area contributed by atoms with Crippen molar-refractivity contribution in [3.8, 4) is 28.5 Å². The van der Waals surface area contributed by atoms with Crippen LogP contribution in [0.3, 0.4) is 0 Å². The van der Waals surface area contributed by atoms with Crippen LogP contribution in [-0.4, -0.2) is 82.0 Å². The Morgan fingerprint density at radius 3 is 2.41 bits per heavy atom. The second kappa shape index (κ2) is 14.6. The van der Waals surface area contributed by atoms with Crippen LogP contribution in [0.15, 0.2) is 91.3 Å². The highest BCUT2D eigenvalue weighted by Gasteiger charge is 2.36. The van der Waals surface area contributed by atoms with E-state index in [-0.39, 0.29) is 30.4 Å². The van der Waals surface area contributed by atoms with E-state index in [1.807, 2.05) is 41.3 Å². The Hall–Kier alpha value is -5.65. The predicted octanol–water partition coefficient (Wildman–Crippen LogP) is 6.07. The van der Waals surface area contributed by atoms with Crippen LogP contribution in [0, 0.1) is 0 Å². The number of amides is 2. The zero-order valence-electron chi connectivity index (χ0n) is 30.2. The molecule has 4 aliphatic heterocycles. The number of hydrogen-bond acceptors (Lipinski definition) is 8. The van der Waals surface area contributed by atoms with E-state index in [2.05, 4.69) is 32.7 Å². The minimum Gasteiger partial charge on any atom is -0.508 e. The molecule has 9 rings (SSSR count). The summed E-state index contributed by atoms with van der Waals surface area (Å²) in [6.45, 7) is 5.44. The van der Waals surface area contributed by atoms with Gasteiger partial charge in [-0.25, -0.2) is 0 Å². The lowest BCUT2D eigenvalue weighted by Gasteiger charge is -2.40. The summed E-state index contributed by atoms with van der Waals surface area (Å²) in [6, 6.07) is 24.6. The zero-order valence-corrected chi connectivity index (χ0v) is 30.2. The number of anilines is 1. The molecule has 1 fully saturated rings. The highest BCUT2D eigenvalue weighted by molar-refractivity contribution is 6.09. The van der Waals surface area contributed by atoms with Crippen LogP contribution >= 0.6 is 0 Å². The molecule has 2 aromatic heterocycles. The number of aromatic nitrogens is 2. The molecule has 0 saturated carbocycles. The number of pyridine rings is 1. The van der Waals surface area contributed by atoms with Crippen molar-refractivity contribution < 1.29 is 28.9 Å². The highest BCUT2D eigenvalue weighted by atomic mass is 16.7. The molecule has 1 atom stereocenters. The number of hydrogen-bond donors (Lipinski definition) is 1. The van der Waals surface area contributed by atoms with E-state index < -0.39 is 0 Å². The first-order valence-corrected chi connectivity index (χ1v) is 18.8. The first-order valence-electron chi connectivity index (χ1n) is 18.8. The summed E-state index contributed by atoms with van der Waals surface area (Å²) in [7, 11) is 0. The molecule has 6 heterocycles. The number of ether oxygens (including phenoxy) is 3. The average molecular weight is 726 g/mol. The normalized spacial score (nSPS) is 17.9. The predicted molar refractivity (Wildman–Crippen MR) is 203 cm³/mol. The zero-order chi connectivity index (χ0) is 36.6. The molecule has 4 aliphatic rings. The molecule has 2 amide bonds. The fraction of sp³-hybridized carbons (Fsp3) is 0.326. The summed E-state index contributed by atoms with van der Waals surface area (Å²) in [5.74, 6) is 1.03. The number of phenolic OH excluding ortho intramolecular Hbond substituents is 1. The van der Waals surface area contributed by atoms with E-state index in [0.29, 0.717) is 54.6 Å². The number of fused-ring (bicyclic) bond motifs is 3. The number of carbonyl (C=O) groups excluding carboxylic acids is 2. The SMILES string of the molecule is O=C(c1cc(-c2cc3c(cc2C(=O)N2Cc4ccccc4CC2CN2CCOCC2)OCO3)n2c1CCCC2)N(Cc1ccncc1)c1ccc(O)cc1. The first-order chi connectivity index (χ1) is 26.5. The molecule has 11 nitrogen and oxygen atoms in total. The summed E-state index contributed by atoms with van der Waals surface area (Å²) < 4.78 is 19.6. The van der Waals surface area contributed by atoms with Gasteiger partial charge in [0.1, 0.15) is 5.75 Å².